The van der Waals surface area contributed by atoms with Crippen LogP contribution in [-0.4, -0.2) is 44.2 Å². The normalized spacial score (nSPS) is 19.1. The van der Waals surface area contributed by atoms with Crippen LogP contribution in [0.1, 0.15) is 35.2 Å². The Hall–Kier alpha value is -1.39. The van der Waals surface area contributed by atoms with Gasteiger partial charge in [-0.3, -0.25) is 9.69 Å². The minimum atomic E-state index is -0.0412. The van der Waals surface area contributed by atoms with Crippen molar-refractivity contribution in [2.24, 2.45) is 0 Å². The zero-order valence-corrected chi connectivity index (χ0v) is 12.4. The van der Waals surface area contributed by atoms with Crippen molar-refractivity contribution in [3.8, 4) is 0 Å². The van der Waals surface area contributed by atoms with E-state index in [0.717, 1.165) is 19.7 Å². The van der Waals surface area contributed by atoms with E-state index in [-0.39, 0.29) is 5.91 Å². The lowest BCUT2D eigenvalue weighted by molar-refractivity contribution is -0.00259. The van der Waals surface area contributed by atoms with Crippen LogP contribution in [0.25, 0.3) is 0 Å². The quantitative estimate of drug-likeness (QED) is 0.895. The lowest BCUT2D eigenvalue weighted by atomic mass is 10.1. The molecule has 1 amide bonds. The number of carbonyl (C=O) groups excluding carboxylic acids is 1. The average Bonchev–Trinajstić information content (AvgIpc) is 2.48. The summed E-state index contributed by atoms with van der Waals surface area (Å²) in [7, 11) is 3.76. The fourth-order valence-corrected chi connectivity index (χ4v) is 2.58. The number of hydrogen-bond donors (Lipinski definition) is 1. The van der Waals surface area contributed by atoms with E-state index >= 15 is 0 Å². The van der Waals surface area contributed by atoms with E-state index in [1.165, 1.54) is 24.8 Å². The highest BCUT2D eigenvalue weighted by molar-refractivity contribution is 5.93. The van der Waals surface area contributed by atoms with Gasteiger partial charge in [-0.05, 0) is 44.0 Å². The Bertz CT molecular complexity index is 425. The molecule has 1 aliphatic heterocycles. The topological polar surface area (TPSA) is 41.6 Å². The zero-order chi connectivity index (χ0) is 14.4. The monoisotopic (exact) mass is 276 g/mol. The third kappa shape index (κ3) is 4.32. The molecule has 0 aromatic heterocycles. The van der Waals surface area contributed by atoms with Crippen molar-refractivity contribution in [3.63, 3.8) is 0 Å². The SMILES string of the molecule is CNC(=O)c1ccc(CN(C)C[C@@H]2CCCCO2)cc1. The van der Waals surface area contributed by atoms with Gasteiger partial charge in [-0.15, -0.1) is 0 Å². The fourth-order valence-electron chi connectivity index (χ4n) is 2.58. The highest BCUT2D eigenvalue weighted by Gasteiger charge is 2.15. The van der Waals surface area contributed by atoms with Gasteiger partial charge in [0, 0.05) is 32.3 Å². The Labute approximate surface area is 121 Å². The van der Waals surface area contributed by atoms with Crippen LogP contribution in [0.3, 0.4) is 0 Å². The van der Waals surface area contributed by atoms with Crippen LogP contribution in [-0.2, 0) is 11.3 Å². The number of likely N-dealkylation sites (N-methyl/N-ethyl adjacent to an activating group) is 1. The van der Waals surface area contributed by atoms with E-state index in [1.54, 1.807) is 7.05 Å². The summed E-state index contributed by atoms with van der Waals surface area (Å²) < 4.78 is 5.76. The van der Waals surface area contributed by atoms with Crippen LogP contribution in [0, 0.1) is 0 Å². The summed E-state index contributed by atoms with van der Waals surface area (Å²) in [6.45, 7) is 2.75. The molecule has 4 nitrogen and oxygen atoms in total. The molecule has 0 spiro atoms. The van der Waals surface area contributed by atoms with E-state index in [2.05, 4.69) is 17.3 Å². The molecular formula is C16H24N2O2. The first-order chi connectivity index (χ1) is 9.69. The molecule has 0 unspecified atom stereocenters. The lowest BCUT2D eigenvalue weighted by Crippen LogP contribution is -2.33. The second kappa shape index (κ2) is 7.41. The second-order valence-electron chi connectivity index (χ2n) is 5.46. The number of nitrogens with zero attached hydrogens (tertiary/aromatic N) is 1. The molecule has 1 aromatic carbocycles. The summed E-state index contributed by atoms with van der Waals surface area (Å²) in [5, 5.41) is 2.63. The molecule has 110 valence electrons. The molecule has 1 aromatic rings. The summed E-state index contributed by atoms with van der Waals surface area (Å²) >= 11 is 0. The molecule has 1 heterocycles. The Morgan fingerprint density at radius 2 is 2.10 bits per heavy atom. The third-order valence-corrected chi connectivity index (χ3v) is 3.68. The van der Waals surface area contributed by atoms with Gasteiger partial charge in [0.25, 0.3) is 5.91 Å². The van der Waals surface area contributed by atoms with E-state index in [1.807, 2.05) is 24.3 Å². The van der Waals surface area contributed by atoms with Crippen LogP contribution in [0.2, 0.25) is 0 Å². The highest BCUT2D eigenvalue weighted by Crippen LogP contribution is 2.14. The number of benzene rings is 1. The minimum absolute atomic E-state index is 0.0412. The van der Waals surface area contributed by atoms with Crippen molar-refractivity contribution in [1.29, 1.82) is 0 Å². The van der Waals surface area contributed by atoms with Crippen LogP contribution in [0.15, 0.2) is 24.3 Å². The van der Waals surface area contributed by atoms with E-state index < -0.39 is 0 Å². The maximum atomic E-state index is 11.5. The fraction of sp³-hybridized carbons (Fsp3) is 0.562. The van der Waals surface area contributed by atoms with Crippen molar-refractivity contribution in [1.82, 2.24) is 10.2 Å². The van der Waals surface area contributed by atoms with Gasteiger partial charge in [-0.2, -0.15) is 0 Å². The van der Waals surface area contributed by atoms with Crippen molar-refractivity contribution in [2.45, 2.75) is 31.9 Å². The Kier molecular flexibility index (Phi) is 5.56. The van der Waals surface area contributed by atoms with E-state index in [0.29, 0.717) is 11.7 Å². The summed E-state index contributed by atoms with van der Waals surface area (Å²) in [6, 6.07) is 7.78. The molecular weight excluding hydrogens is 252 g/mol. The zero-order valence-electron chi connectivity index (χ0n) is 12.4. The van der Waals surface area contributed by atoms with Gasteiger partial charge in [0.2, 0.25) is 0 Å². The molecule has 1 N–H and O–H groups in total. The Morgan fingerprint density at radius 1 is 1.35 bits per heavy atom. The van der Waals surface area contributed by atoms with Crippen LogP contribution >= 0.6 is 0 Å². The lowest BCUT2D eigenvalue weighted by Gasteiger charge is -2.27. The first-order valence-corrected chi connectivity index (χ1v) is 7.30. The smallest absolute Gasteiger partial charge is 0.251 e. The van der Waals surface area contributed by atoms with Crippen molar-refractivity contribution < 1.29 is 9.53 Å². The van der Waals surface area contributed by atoms with Crippen molar-refractivity contribution in [3.05, 3.63) is 35.4 Å². The number of hydrogen-bond acceptors (Lipinski definition) is 3. The van der Waals surface area contributed by atoms with Gasteiger partial charge in [0.1, 0.15) is 0 Å². The predicted molar refractivity (Wildman–Crippen MR) is 79.8 cm³/mol. The van der Waals surface area contributed by atoms with Gasteiger partial charge in [0.15, 0.2) is 0 Å². The number of carbonyl (C=O) groups is 1. The summed E-state index contributed by atoms with van der Waals surface area (Å²) in [5.74, 6) is -0.0412. The second-order valence-corrected chi connectivity index (χ2v) is 5.46. The molecule has 0 bridgehead atoms. The van der Waals surface area contributed by atoms with Crippen LogP contribution < -0.4 is 5.32 Å². The maximum Gasteiger partial charge on any atom is 0.251 e. The molecule has 1 saturated heterocycles. The number of rotatable bonds is 5. The number of nitrogens with one attached hydrogen (secondary N) is 1. The number of ether oxygens (including phenoxy) is 1. The van der Waals surface area contributed by atoms with E-state index in [9.17, 15) is 4.79 Å². The third-order valence-electron chi connectivity index (χ3n) is 3.68. The molecule has 20 heavy (non-hydrogen) atoms. The molecule has 4 heteroatoms. The van der Waals surface area contributed by atoms with Gasteiger partial charge < -0.3 is 10.1 Å². The minimum Gasteiger partial charge on any atom is -0.377 e. The summed E-state index contributed by atoms with van der Waals surface area (Å²) in [6.07, 6.45) is 4.01. The molecule has 1 fully saturated rings. The maximum absolute atomic E-state index is 11.5. The molecule has 0 aliphatic carbocycles. The van der Waals surface area contributed by atoms with Crippen molar-refractivity contribution >= 4 is 5.91 Å². The van der Waals surface area contributed by atoms with Gasteiger partial charge >= 0.3 is 0 Å². The molecule has 2 rings (SSSR count). The largest absolute Gasteiger partial charge is 0.377 e. The molecule has 0 saturated carbocycles. The van der Waals surface area contributed by atoms with Crippen LogP contribution in [0.4, 0.5) is 0 Å². The predicted octanol–water partition coefficient (Wildman–Crippen LogP) is 2.05. The van der Waals surface area contributed by atoms with Crippen LogP contribution in [0.5, 0.6) is 0 Å². The molecule has 0 radical (unpaired) electrons. The first-order valence-electron chi connectivity index (χ1n) is 7.30. The van der Waals surface area contributed by atoms with Gasteiger partial charge in [0.05, 0.1) is 6.10 Å². The summed E-state index contributed by atoms with van der Waals surface area (Å²) in [4.78, 5) is 13.8. The van der Waals surface area contributed by atoms with Gasteiger partial charge in [-0.25, -0.2) is 0 Å². The molecule has 1 aliphatic rings. The summed E-state index contributed by atoms with van der Waals surface area (Å²) in [5.41, 5.74) is 1.92. The Balaban J connectivity index is 1.84. The van der Waals surface area contributed by atoms with E-state index in [4.69, 9.17) is 4.74 Å². The Morgan fingerprint density at radius 3 is 2.70 bits per heavy atom. The highest BCUT2D eigenvalue weighted by atomic mass is 16.5. The average molecular weight is 276 g/mol. The first kappa shape index (κ1) is 15.0. The van der Waals surface area contributed by atoms with Gasteiger partial charge in [-0.1, -0.05) is 12.1 Å². The number of amides is 1. The standard InChI is InChI=1S/C16H24N2O2/c1-17-16(19)14-8-6-13(7-9-14)11-18(2)12-15-5-3-4-10-20-15/h6-9,15H,3-5,10-12H2,1-2H3,(H,17,19)/t15-/m0/s1. The molecule has 1 atom stereocenters. The van der Waals surface area contributed by atoms with Crippen molar-refractivity contribution in [2.75, 3.05) is 27.2 Å².